The Bertz CT molecular complexity index is 870. The van der Waals surface area contributed by atoms with Crippen LogP contribution in [0, 0.1) is 0 Å². The predicted octanol–water partition coefficient (Wildman–Crippen LogP) is 3.54. The van der Waals surface area contributed by atoms with E-state index < -0.39 is 0 Å². The Morgan fingerprint density at radius 2 is 2.33 bits per heavy atom. The average Bonchev–Trinajstić information content (AvgIpc) is 3.34. The highest BCUT2D eigenvalue weighted by Gasteiger charge is 2.30. The van der Waals surface area contributed by atoms with Crippen LogP contribution < -0.4 is 0 Å². The van der Waals surface area contributed by atoms with Crippen molar-refractivity contribution in [2.24, 2.45) is 0 Å². The molecule has 1 atom stereocenters. The molecule has 0 spiro atoms. The largest absolute Gasteiger partial charge is 0.383 e. The van der Waals surface area contributed by atoms with Crippen LogP contribution in [0.25, 0.3) is 21.5 Å². The number of carbonyl (C=O) groups is 1. The smallest absolute Gasteiger partial charge is 0.264 e. The summed E-state index contributed by atoms with van der Waals surface area (Å²) in [4.78, 5) is 24.1. The topological polar surface area (TPSA) is 58.2 Å². The van der Waals surface area contributed by atoms with Crippen molar-refractivity contribution in [2.45, 2.75) is 18.9 Å². The van der Waals surface area contributed by atoms with E-state index in [0.717, 1.165) is 45.7 Å². The van der Waals surface area contributed by atoms with Crippen molar-refractivity contribution in [3.05, 3.63) is 41.5 Å². The number of H-pyrrole nitrogens is 1. The molecule has 0 aliphatic carbocycles. The SMILES string of the molecule is COC[C@@H]1CCCN1C(=O)c1ccc(-c2ccnc3[nH]ccc23)s1. The Labute approximate surface area is 144 Å². The molecule has 5 nitrogen and oxygen atoms in total. The summed E-state index contributed by atoms with van der Waals surface area (Å²) in [5, 5.41) is 1.08. The number of pyridine rings is 1. The molecule has 0 radical (unpaired) electrons. The zero-order chi connectivity index (χ0) is 16.5. The van der Waals surface area contributed by atoms with Gasteiger partial charge in [0.1, 0.15) is 5.65 Å². The lowest BCUT2D eigenvalue weighted by molar-refractivity contribution is 0.0635. The van der Waals surface area contributed by atoms with Gasteiger partial charge in [-0.05, 0) is 37.1 Å². The number of aromatic amines is 1. The summed E-state index contributed by atoms with van der Waals surface area (Å²) in [7, 11) is 1.69. The first-order valence-electron chi connectivity index (χ1n) is 8.10. The molecule has 1 amide bonds. The van der Waals surface area contributed by atoms with Crippen molar-refractivity contribution in [1.29, 1.82) is 0 Å². The van der Waals surface area contributed by atoms with E-state index in [0.29, 0.717) is 6.61 Å². The number of rotatable bonds is 4. The number of thiophene rings is 1. The van der Waals surface area contributed by atoms with E-state index in [2.05, 4.69) is 9.97 Å². The van der Waals surface area contributed by atoms with Gasteiger partial charge < -0.3 is 14.6 Å². The third-order valence-electron chi connectivity index (χ3n) is 4.54. The summed E-state index contributed by atoms with van der Waals surface area (Å²) in [6.45, 7) is 1.43. The van der Waals surface area contributed by atoms with Gasteiger partial charge in [0.15, 0.2) is 0 Å². The van der Waals surface area contributed by atoms with Crippen molar-refractivity contribution in [2.75, 3.05) is 20.3 Å². The molecule has 1 aliphatic heterocycles. The third kappa shape index (κ3) is 2.61. The minimum atomic E-state index is 0.116. The van der Waals surface area contributed by atoms with Crippen LogP contribution in [0.2, 0.25) is 0 Å². The third-order valence-corrected chi connectivity index (χ3v) is 5.65. The maximum Gasteiger partial charge on any atom is 0.264 e. The van der Waals surface area contributed by atoms with E-state index in [4.69, 9.17) is 4.74 Å². The van der Waals surface area contributed by atoms with Gasteiger partial charge in [-0.1, -0.05) is 0 Å². The van der Waals surface area contributed by atoms with Gasteiger partial charge >= 0.3 is 0 Å². The van der Waals surface area contributed by atoms with Crippen molar-refractivity contribution < 1.29 is 9.53 Å². The molecule has 3 aromatic heterocycles. The number of carbonyl (C=O) groups excluding carboxylic acids is 1. The number of nitrogens with one attached hydrogen (secondary N) is 1. The summed E-state index contributed by atoms with van der Waals surface area (Å²) in [5.41, 5.74) is 1.98. The van der Waals surface area contributed by atoms with Crippen molar-refractivity contribution >= 4 is 28.3 Å². The van der Waals surface area contributed by atoms with E-state index in [1.165, 1.54) is 0 Å². The Morgan fingerprint density at radius 3 is 3.21 bits per heavy atom. The highest BCUT2D eigenvalue weighted by molar-refractivity contribution is 7.17. The van der Waals surface area contributed by atoms with Crippen LogP contribution in [0.15, 0.2) is 36.7 Å². The predicted molar refractivity (Wildman–Crippen MR) is 95.3 cm³/mol. The van der Waals surface area contributed by atoms with Gasteiger partial charge in [-0.15, -0.1) is 11.3 Å². The van der Waals surface area contributed by atoms with Crippen molar-refractivity contribution in [3.63, 3.8) is 0 Å². The van der Waals surface area contributed by atoms with Crippen LogP contribution in [0.1, 0.15) is 22.5 Å². The monoisotopic (exact) mass is 341 g/mol. The number of hydrogen-bond acceptors (Lipinski definition) is 4. The molecule has 1 saturated heterocycles. The molecule has 124 valence electrons. The lowest BCUT2D eigenvalue weighted by Gasteiger charge is -2.23. The molecule has 0 aromatic carbocycles. The fraction of sp³-hybridized carbons (Fsp3) is 0.333. The molecule has 4 rings (SSSR count). The van der Waals surface area contributed by atoms with Gasteiger partial charge in [-0.2, -0.15) is 0 Å². The van der Waals surface area contributed by atoms with Gasteiger partial charge in [-0.25, -0.2) is 4.98 Å². The van der Waals surface area contributed by atoms with Gasteiger partial charge in [0, 0.05) is 41.9 Å². The summed E-state index contributed by atoms with van der Waals surface area (Å²) in [6, 6.07) is 8.18. The Balaban J connectivity index is 1.63. The lowest BCUT2D eigenvalue weighted by atomic mass is 10.1. The number of nitrogens with zero attached hydrogens (tertiary/aromatic N) is 2. The van der Waals surface area contributed by atoms with E-state index in [9.17, 15) is 4.79 Å². The second-order valence-corrected chi connectivity index (χ2v) is 7.10. The van der Waals surface area contributed by atoms with Crippen LogP contribution >= 0.6 is 11.3 Å². The average molecular weight is 341 g/mol. The first-order valence-corrected chi connectivity index (χ1v) is 8.92. The minimum absolute atomic E-state index is 0.116. The highest BCUT2D eigenvalue weighted by atomic mass is 32.1. The standard InChI is InChI=1S/C18H19N3O2S/c1-23-11-12-3-2-10-21(12)18(22)16-5-4-15(24-16)13-6-8-19-17-14(13)7-9-20-17/h4-9,12H,2-3,10-11H2,1H3,(H,19,20)/t12-/m0/s1. The zero-order valence-electron chi connectivity index (χ0n) is 13.5. The molecular formula is C18H19N3O2S. The van der Waals surface area contributed by atoms with E-state index in [1.54, 1.807) is 24.6 Å². The van der Waals surface area contributed by atoms with E-state index >= 15 is 0 Å². The second kappa shape index (κ2) is 6.37. The second-order valence-electron chi connectivity index (χ2n) is 6.01. The highest BCUT2D eigenvalue weighted by Crippen LogP contribution is 2.34. The van der Waals surface area contributed by atoms with E-state index in [1.807, 2.05) is 35.4 Å². The number of ether oxygens (including phenoxy) is 1. The maximum absolute atomic E-state index is 12.9. The molecule has 3 aromatic rings. The van der Waals surface area contributed by atoms with E-state index in [-0.39, 0.29) is 11.9 Å². The molecule has 0 unspecified atom stereocenters. The molecule has 1 N–H and O–H groups in total. The lowest BCUT2D eigenvalue weighted by Crippen LogP contribution is -2.37. The maximum atomic E-state index is 12.9. The first kappa shape index (κ1) is 15.4. The Kier molecular flexibility index (Phi) is 4.08. The Hall–Kier alpha value is -2.18. The van der Waals surface area contributed by atoms with Gasteiger partial charge in [0.05, 0.1) is 17.5 Å². The number of aromatic nitrogens is 2. The normalized spacial score (nSPS) is 17.7. The van der Waals surface area contributed by atoms with Crippen LogP contribution in [0.5, 0.6) is 0 Å². The van der Waals surface area contributed by atoms with Crippen LogP contribution in [0.3, 0.4) is 0 Å². The number of hydrogen-bond donors (Lipinski definition) is 1. The fourth-order valence-electron chi connectivity index (χ4n) is 3.38. The molecule has 1 fully saturated rings. The number of methoxy groups -OCH3 is 1. The van der Waals surface area contributed by atoms with Gasteiger partial charge in [0.25, 0.3) is 5.91 Å². The zero-order valence-corrected chi connectivity index (χ0v) is 14.3. The quantitative estimate of drug-likeness (QED) is 0.789. The minimum Gasteiger partial charge on any atom is -0.383 e. The summed E-state index contributed by atoms with van der Waals surface area (Å²) >= 11 is 1.55. The molecule has 0 bridgehead atoms. The number of fused-ring (bicyclic) bond motifs is 1. The summed E-state index contributed by atoms with van der Waals surface area (Å²) in [5.74, 6) is 0.116. The molecule has 6 heteroatoms. The van der Waals surface area contributed by atoms with Crippen LogP contribution in [-0.2, 0) is 4.74 Å². The molecule has 1 aliphatic rings. The summed E-state index contributed by atoms with van der Waals surface area (Å²) in [6.07, 6.45) is 5.75. The van der Waals surface area contributed by atoms with Crippen molar-refractivity contribution in [3.8, 4) is 10.4 Å². The first-order chi connectivity index (χ1) is 11.8. The van der Waals surface area contributed by atoms with Crippen molar-refractivity contribution in [1.82, 2.24) is 14.9 Å². The molecule has 4 heterocycles. The van der Waals surface area contributed by atoms with Crippen LogP contribution in [0.4, 0.5) is 0 Å². The molecular weight excluding hydrogens is 322 g/mol. The van der Waals surface area contributed by atoms with Gasteiger partial charge in [0.2, 0.25) is 0 Å². The van der Waals surface area contributed by atoms with Crippen LogP contribution in [-0.4, -0.2) is 47.1 Å². The number of amides is 1. The fourth-order valence-corrected chi connectivity index (χ4v) is 4.39. The molecule has 24 heavy (non-hydrogen) atoms. The summed E-state index contributed by atoms with van der Waals surface area (Å²) < 4.78 is 5.25. The molecule has 0 saturated carbocycles. The number of likely N-dealkylation sites (tertiary alicyclic amines) is 1. The van der Waals surface area contributed by atoms with Gasteiger partial charge in [-0.3, -0.25) is 4.79 Å². The Morgan fingerprint density at radius 1 is 1.42 bits per heavy atom.